The maximum atomic E-state index is 12.8. The van der Waals surface area contributed by atoms with E-state index in [9.17, 15) is 4.79 Å². The number of hydrogen-bond acceptors (Lipinski definition) is 5. The van der Waals surface area contributed by atoms with Gasteiger partial charge in [-0.1, -0.05) is 30.0 Å². The highest BCUT2D eigenvalue weighted by Gasteiger charge is 2.23. The summed E-state index contributed by atoms with van der Waals surface area (Å²) in [5, 5.41) is 2.15. The molecular formula is C20H21N3OS2. The van der Waals surface area contributed by atoms with E-state index < -0.39 is 0 Å². The van der Waals surface area contributed by atoms with Crippen LogP contribution in [0.25, 0.3) is 10.2 Å². The van der Waals surface area contributed by atoms with Crippen LogP contribution in [0.4, 0.5) is 5.69 Å². The lowest BCUT2D eigenvalue weighted by Crippen LogP contribution is -2.32. The van der Waals surface area contributed by atoms with E-state index in [0.29, 0.717) is 12.3 Å². The van der Waals surface area contributed by atoms with Crippen molar-refractivity contribution in [3.05, 3.63) is 46.6 Å². The SMILES string of the molecule is CCN(C(=O)CSc1nc(C)nc2sc3c(c12)CCC3)c1ccccc1. The molecule has 3 aromatic rings. The summed E-state index contributed by atoms with van der Waals surface area (Å²) in [6.07, 6.45) is 3.47. The van der Waals surface area contributed by atoms with E-state index in [1.165, 1.54) is 22.2 Å². The van der Waals surface area contributed by atoms with Crippen LogP contribution in [0, 0.1) is 6.92 Å². The molecular weight excluding hydrogens is 362 g/mol. The summed E-state index contributed by atoms with van der Waals surface area (Å²) in [5.74, 6) is 1.28. The number of carbonyl (C=O) groups excluding carboxylic acids is 1. The molecule has 26 heavy (non-hydrogen) atoms. The first kappa shape index (κ1) is 17.5. The highest BCUT2D eigenvalue weighted by atomic mass is 32.2. The molecule has 0 saturated heterocycles. The maximum Gasteiger partial charge on any atom is 0.237 e. The van der Waals surface area contributed by atoms with E-state index in [2.05, 4.69) is 9.97 Å². The Morgan fingerprint density at radius 2 is 2.04 bits per heavy atom. The van der Waals surface area contributed by atoms with Crippen molar-refractivity contribution in [1.82, 2.24) is 9.97 Å². The Labute approximate surface area is 161 Å². The van der Waals surface area contributed by atoms with Crippen molar-refractivity contribution in [2.75, 3.05) is 17.2 Å². The van der Waals surface area contributed by atoms with Gasteiger partial charge in [-0.15, -0.1) is 11.3 Å². The molecule has 0 bridgehead atoms. The van der Waals surface area contributed by atoms with Gasteiger partial charge in [0.15, 0.2) is 0 Å². The molecule has 0 spiro atoms. The zero-order valence-electron chi connectivity index (χ0n) is 15.0. The smallest absolute Gasteiger partial charge is 0.237 e. The van der Waals surface area contributed by atoms with E-state index >= 15 is 0 Å². The molecule has 0 unspecified atom stereocenters. The third-order valence-corrected chi connectivity index (χ3v) is 6.81. The number of fused-ring (bicyclic) bond motifs is 3. The van der Waals surface area contributed by atoms with Gasteiger partial charge in [-0.25, -0.2) is 9.97 Å². The zero-order chi connectivity index (χ0) is 18.1. The van der Waals surface area contributed by atoms with Crippen LogP contribution in [0.5, 0.6) is 0 Å². The quantitative estimate of drug-likeness (QED) is 0.476. The molecule has 134 valence electrons. The molecule has 6 heteroatoms. The van der Waals surface area contributed by atoms with Crippen LogP contribution in [0.3, 0.4) is 0 Å². The molecule has 0 radical (unpaired) electrons. The van der Waals surface area contributed by atoms with Crippen LogP contribution in [0.2, 0.25) is 0 Å². The zero-order valence-corrected chi connectivity index (χ0v) is 16.6. The maximum absolute atomic E-state index is 12.8. The second kappa shape index (κ2) is 7.37. The van der Waals surface area contributed by atoms with Gasteiger partial charge in [0.2, 0.25) is 5.91 Å². The van der Waals surface area contributed by atoms with Crippen molar-refractivity contribution >= 4 is 44.9 Å². The van der Waals surface area contributed by atoms with Gasteiger partial charge in [0.1, 0.15) is 15.7 Å². The van der Waals surface area contributed by atoms with Crippen molar-refractivity contribution in [3.63, 3.8) is 0 Å². The Balaban J connectivity index is 1.59. The summed E-state index contributed by atoms with van der Waals surface area (Å²) >= 11 is 3.34. The summed E-state index contributed by atoms with van der Waals surface area (Å²) in [6, 6.07) is 9.85. The van der Waals surface area contributed by atoms with Crippen LogP contribution in [0.15, 0.2) is 35.4 Å². The number of thioether (sulfide) groups is 1. The monoisotopic (exact) mass is 383 g/mol. The fraction of sp³-hybridized carbons (Fsp3) is 0.350. The van der Waals surface area contributed by atoms with Crippen molar-refractivity contribution in [1.29, 1.82) is 0 Å². The number of amides is 1. The van der Waals surface area contributed by atoms with Crippen molar-refractivity contribution < 1.29 is 4.79 Å². The number of rotatable bonds is 5. The number of anilines is 1. The average Bonchev–Trinajstić information content (AvgIpc) is 3.21. The van der Waals surface area contributed by atoms with Gasteiger partial charge >= 0.3 is 0 Å². The van der Waals surface area contributed by atoms with Gasteiger partial charge in [-0.05, 0) is 50.8 Å². The number of nitrogens with zero attached hydrogens (tertiary/aromatic N) is 3. The Kier molecular flexibility index (Phi) is 4.96. The molecule has 0 aliphatic heterocycles. The molecule has 0 fully saturated rings. The molecule has 4 rings (SSSR count). The lowest BCUT2D eigenvalue weighted by atomic mass is 10.2. The molecule has 0 atom stereocenters. The highest BCUT2D eigenvalue weighted by molar-refractivity contribution is 8.00. The Morgan fingerprint density at radius 3 is 2.81 bits per heavy atom. The number of benzene rings is 1. The van der Waals surface area contributed by atoms with Crippen LogP contribution in [-0.4, -0.2) is 28.2 Å². The number of para-hydroxylation sites is 1. The first-order valence-corrected chi connectivity index (χ1v) is 10.7. The molecule has 1 amide bonds. The van der Waals surface area contributed by atoms with E-state index in [-0.39, 0.29) is 5.91 Å². The largest absolute Gasteiger partial charge is 0.312 e. The fourth-order valence-electron chi connectivity index (χ4n) is 3.49. The first-order chi connectivity index (χ1) is 12.7. The van der Waals surface area contributed by atoms with Gasteiger partial charge in [0.25, 0.3) is 0 Å². The topological polar surface area (TPSA) is 46.1 Å². The average molecular weight is 384 g/mol. The fourth-order valence-corrected chi connectivity index (χ4v) is 5.84. The van der Waals surface area contributed by atoms with Gasteiger partial charge in [-0.2, -0.15) is 0 Å². The highest BCUT2D eigenvalue weighted by Crippen LogP contribution is 2.40. The van der Waals surface area contributed by atoms with E-state index in [0.717, 1.165) is 34.2 Å². The lowest BCUT2D eigenvalue weighted by molar-refractivity contribution is -0.116. The number of hydrogen-bond donors (Lipinski definition) is 0. The standard InChI is InChI=1S/C20H21N3OS2/c1-3-23(14-8-5-4-6-9-14)17(24)12-25-19-18-15-10-7-11-16(15)26-20(18)22-13(2)21-19/h4-6,8-9H,3,7,10-12H2,1-2H3. The number of aryl methyl sites for hydroxylation is 3. The third kappa shape index (κ3) is 3.23. The molecule has 0 saturated carbocycles. The predicted molar refractivity (Wildman–Crippen MR) is 109 cm³/mol. The molecule has 1 aliphatic rings. The predicted octanol–water partition coefficient (Wildman–Crippen LogP) is 4.63. The second-order valence-electron chi connectivity index (χ2n) is 6.38. The van der Waals surface area contributed by atoms with Gasteiger partial charge < -0.3 is 4.90 Å². The normalized spacial score (nSPS) is 13.2. The molecule has 2 aromatic heterocycles. The summed E-state index contributed by atoms with van der Waals surface area (Å²) in [5.41, 5.74) is 2.36. The van der Waals surface area contributed by atoms with Crippen LogP contribution in [0.1, 0.15) is 29.6 Å². The van der Waals surface area contributed by atoms with Crippen LogP contribution < -0.4 is 4.90 Å². The number of thiophene rings is 1. The molecule has 1 aliphatic carbocycles. The minimum absolute atomic E-state index is 0.111. The summed E-state index contributed by atoms with van der Waals surface area (Å²) in [7, 11) is 0. The van der Waals surface area contributed by atoms with Crippen molar-refractivity contribution in [3.8, 4) is 0 Å². The van der Waals surface area contributed by atoms with Crippen molar-refractivity contribution in [2.45, 2.75) is 38.1 Å². The minimum Gasteiger partial charge on any atom is -0.312 e. The Bertz CT molecular complexity index is 953. The second-order valence-corrected chi connectivity index (χ2v) is 8.42. The molecule has 0 N–H and O–H groups in total. The molecule has 2 heterocycles. The van der Waals surface area contributed by atoms with Crippen molar-refractivity contribution in [2.24, 2.45) is 0 Å². The number of carbonyl (C=O) groups is 1. The summed E-state index contributed by atoms with van der Waals surface area (Å²) < 4.78 is 0. The van der Waals surface area contributed by atoms with Crippen LogP contribution >= 0.6 is 23.1 Å². The summed E-state index contributed by atoms with van der Waals surface area (Å²) in [6.45, 7) is 4.60. The van der Waals surface area contributed by atoms with E-state index in [1.54, 1.807) is 23.1 Å². The molecule has 4 nitrogen and oxygen atoms in total. The Morgan fingerprint density at radius 1 is 1.23 bits per heavy atom. The van der Waals surface area contributed by atoms with E-state index in [4.69, 9.17) is 0 Å². The van der Waals surface area contributed by atoms with E-state index in [1.807, 2.05) is 49.1 Å². The first-order valence-electron chi connectivity index (χ1n) is 8.94. The number of aromatic nitrogens is 2. The Hall–Kier alpha value is -1.92. The van der Waals surface area contributed by atoms with Gasteiger partial charge in [0, 0.05) is 22.5 Å². The minimum atomic E-state index is 0.111. The van der Waals surface area contributed by atoms with Gasteiger partial charge in [0.05, 0.1) is 5.75 Å². The molecule has 1 aromatic carbocycles. The third-order valence-electron chi connectivity index (χ3n) is 4.66. The van der Waals surface area contributed by atoms with Crippen LogP contribution in [-0.2, 0) is 17.6 Å². The summed E-state index contributed by atoms with van der Waals surface area (Å²) in [4.78, 5) is 26.5. The van der Waals surface area contributed by atoms with Gasteiger partial charge in [-0.3, -0.25) is 4.79 Å². The lowest BCUT2D eigenvalue weighted by Gasteiger charge is -2.20.